The lowest BCUT2D eigenvalue weighted by Crippen LogP contribution is -2.19. The Morgan fingerprint density at radius 2 is 2.04 bits per heavy atom. The molecule has 2 aromatic carbocycles. The molecule has 0 spiro atoms. The predicted molar refractivity (Wildman–Crippen MR) is 112 cm³/mol. The van der Waals surface area contributed by atoms with Crippen LogP contribution in [0.1, 0.15) is 11.1 Å². The van der Waals surface area contributed by atoms with Gasteiger partial charge in [-0.15, -0.1) is 0 Å². The fourth-order valence-corrected chi connectivity index (χ4v) is 3.12. The molecule has 0 unspecified atom stereocenters. The van der Waals surface area contributed by atoms with E-state index in [1.54, 1.807) is 6.20 Å². The number of hydrogen-bond acceptors (Lipinski definition) is 2. The first-order chi connectivity index (χ1) is 12.0. The fourth-order valence-electron chi connectivity index (χ4n) is 2.39. The molecular formula is C18H16BrClN4S. The van der Waals surface area contributed by atoms with Crippen LogP contribution in [0, 0.1) is 6.92 Å². The Morgan fingerprint density at radius 1 is 1.24 bits per heavy atom. The van der Waals surface area contributed by atoms with Gasteiger partial charge < -0.3 is 10.6 Å². The van der Waals surface area contributed by atoms with E-state index < -0.39 is 0 Å². The molecule has 0 bridgehead atoms. The van der Waals surface area contributed by atoms with Gasteiger partial charge in [0.1, 0.15) is 0 Å². The third-order valence-electron chi connectivity index (χ3n) is 3.65. The highest BCUT2D eigenvalue weighted by Gasteiger charge is 2.05. The first kappa shape index (κ1) is 17.9. The number of rotatable bonds is 4. The summed E-state index contributed by atoms with van der Waals surface area (Å²) < 4.78 is 2.83. The van der Waals surface area contributed by atoms with Gasteiger partial charge in [-0.25, -0.2) is 0 Å². The van der Waals surface area contributed by atoms with Gasteiger partial charge in [-0.05, 0) is 70.5 Å². The number of anilines is 2. The second kappa shape index (κ2) is 7.99. The minimum Gasteiger partial charge on any atom is -0.332 e. The second-order valence-corrected chi connectivity index (χ2v) is 7.28. The first-order valence-corrected chi connectivity index (χ1v) is 9.19. The highest BCUT2D eigenvalue weighted by atomic mass is 79.9. The first-order valence-electron chi connectivity index (χ1n) is 7.61. The van der Waals surface area contributed by atoms with Crippen molar-refractivity contribution in [3.63, 3.8) is 0 Å². The largest absolute Gasteiger partial charge is 0.332 e. The van der Waals surface area contributed by atoms with Gasteiger partial charge in [0.05, 0.1) is 17.2 Å². The molecule has 2 N–H and O–H groups in total. The van der Waals surface area contributed by atoms with Crippen molar-refractivity contribution in [2.45, 2.75) is 13.5 Å². The van der Waals surface area contributed by atoms with E-state index in [1.807, 2.05) is 54.2 Å². The van der Waals surface area contributed by atoms with Gasteiger partial charge in [0.15, 0.2) is 5.11 Å². The van der Waals surface area contributed by atoms with E-state index in [2.05, 4.69) is 37.7 Å². The van der Waals surface area contributed by atoms with Gasteiger partial charge in [0.25, 0.3) is 0 Å². The van der Waals surface area contributed by atoms with Gasteiger partial charge >= 0.3 is 0 Å². The zero-order valence-electron chi connectivity index (χ0n) is 13.5. The van der Waals surface area contributed by atoms with E-state index in [4.69, 9.17) is 23.8 Å². The number of thiocarbonyl (C=S) groups is 1. The third kappa shape index (κ3) is 4.81. The molecule has 3 rings (SSSR count). The summed E-state index contributed by atoms with van der Waals surface area (Å²) >= 11 is 15.0. The number of benzene rings is 2. The summed E-state index contributed by atoms with van der Waals surface area (Å²) in [5.41, 5.74) is 3.90. The summed E-state index contributed by atoms with van der Waals surface area (Å²) in [6, 6.07) is 13.8. The van der Waals surface area contributed by atoms with Crippen LogP contribution in [0.15, 0.2) is 59.3 Å². The average molecular weight is 436 g/mol. The molecule has 25 heavy (non-hydrogen) atoms. The molecule has 1 heterocycles. The molecule has 0 saturated carbocycles. The normalized spacial score (nSPS) is 10.5. The SMILES string of the molecule is Cc1c(Cl)cccc1NC(=S)Nc1cccc(Cn2cc(Br)cn2)c1. The van der Waals surface area contributed by atoms with Crippen molar-refractivity contribution in [1.29, 1.82) is 0 Å². The van der Waals surface area contributed by atoms with Crippen LogP contribution in [-0.4, -0.2) is 14.9 Å². The molecule has 0 aliphatic carbocycles. The average Bonchev–Trinajstić information content (AvgIpc) is 2.97. The lowest BCUT2D eigenvalue weighted by atomic mass is 10.2. The van der Waals surface area contributed by atoms with E-state index >= 15 is 0 Å². The van der Waals surface area contributed by atoms with Crippen LogP contribution in [-0.2, 0) is 6.54 Å². The Morgan fingerprint density at radius 3 is 2.80 bits per heavy atom. The van der Waals surface area contributed by atoms with Crippen molar-refractivity contribution in [1.82, 2.24) is 9.78 Å². The van der Waals surface area contributed by atoms with E-state index in [1.165, 1.54) is 0 Å². The van der Waals surface area contributed by atoms with Gasteiger partial charge in [-0.2, -0.15) is 5.10 Å². The lowest BCUT2D eigenvalue weighted by Gasteiger charge is -2.14. The topological polar surface area (TPSA) is 41.9 Å². The summed E-state index contributed by atoms with van der Waals surface area (Å²) in [5, 5.41) is 11.9. The van der Waals surface area contributed by atoms with Gasteiger partial charge in [0.2, 0.25) is 0 Å². The number of aromatic nitrogens is 2. The van der Waals surface area contributed by atoms with Crippen LogP contribution < -0.4 is 10.6 Å². The molecule has 0 atom stereocenters. The van der Waals surface area contributed by atoms with E-state index in [-0.39, 0.29) is 0 Å². The zero-order valence-corrected chi connectivity index (χ0v) is 16.6. The maximum absolute atomic E-state index is 6.14. The highest BCUT2D eigenvalue weighted by molar-refractivity contribution is 9.10. The molecule has 3 aromatic rings. The number of nitrogens with one attached hydrogen (secondary N) is 2. The van der Waals surface area contributed by atoms with Crippen molar-refractivity contribution in [3.8, 4) is 0 Å². The molecule has 128 valence electrons. The van der Waals surface area contributed by atoms with Crippen LogP contribution in [0.4, 0.5) is 11.4 Å². The summed E-state index contributed by atoms with van der Waals surface area (Å²) in [6.45, 7) is 2.64. The lowest BCUT2D eigenvalue weighted by molar-refractivity contribution is 0.687. The smallest absolute Gasteiger partial charge is 0.175 e. The number of halogens is 2. The fraction of sp³-hybridized carbons (Fsp3) is 0.111. The van der Waals surface area contributed by atoms with Crippen molar-refractivity contribution in [2.24, 2.45) is 0 Å². The van der Waals surface area contributed by atoms with Crippen molar-refractivity contribution >= 4 is 56.2 Å². The molecule has 0 fully saturated rings. The Bertz CT molecular complexity index is 910. The van der Waals surface area contributed by atoms with Gasteiger partial charge in [-0.3, -0.25) is 4.68 Å². The van der Waals surface area contributed by atoms with E-state index in [0.717, 1.165) is 27.0 Å². The maximum atomic E-state index is 6.14. The van der Waals surface area contributed by atoms with Crippen LogP contribution in [0.3, 0.4) is 0 Å². The Kier molecular flexibility index (Phi) is 5.73. The summed E-state index contributed by atoms with van der Waals surface area (Å²) in [7, 11) is 0. The standard InChI is InChI=1S/C18H16BrClN4S/c1-12-16(20)6-3-7-17(12)23-18(25)22-15-5-2-4-13(8-15)10-24-11-14(19)9-21-24/h2-9,11H,10H2,1H3,(H2,22,23,25). The Hall–Kier alpha value is -1.89. The summed E-state index contributed by atoms with van der Waals surface area (Å²) in [6.07, 6.45) is 3.71. The molecule has 0 radical (unpaired) electrons. The zero-order chi connectivity index (χ0) is 17.8. The molecule has 0 amide bonds. The highest BCUT2D eigenvalue weighted by Crippen LogP contribution is 2.23. The summed E-state index contributed by atoms with van der Waals surface area (Å²) in [5.74, 6) is 0. The molecule has 1 aromatic heterocycles. The molecule has 0 aliphatic rings. The number of nitrogens with zero attached hydrogens (tertiary/aromatic N) is 2. The van der Waals surface area contributed by atoms with E-state index in [0.29, 0.717) is 16.7 Å². The maximum Gasteiger partial charge on any atom is 0.175 e. The van der Waals surface area contributed by atoms with Crippen LogP contribution in [0.5, 0.6) is 0 Å². The van der Waals surface area contributed by atoms with Gasteiger partial charge in [-0.1, -0.05) is 29.8 Å². The second-order valence-electron chi connectivity index (χ2n) is 5.55. The van der Waals surface area contributed by atoms with Crippen molar-refractivity contribution in [3.05, 3.63) is 75.5 Å². The van der Waals surface area contributed by atoms with Crippen LogP contribution in [0.2, 0.25) is 5.02 Å². The van der Waals surface area contributed by atoms with Crippen LogP contribution >= 0.6 is 39.7 Å². The van der Waals surface area contributed by atoms with Crippen molar-refractivity contribution in [2.75, 3.05) is 10.6 Å². The molecular weight excluding hydrogens is 420 g/mol. The van der Waals surface area contributed by atoms with Crippen LogP contribution in [0.25, 0.3) is 0 Å². The Balaban J connectivity index is 1.67. The molecule has 0 aliphatic heterocycles. The monoisotopic (exact) mass is 434 g/mol. The van der Waals surface area contributed by atoms with E-state index in [9.17, 15) is 0 Å². The molecule has 4 nitrogen and oxygen atoms in total. The minimum atomic E-state index is 0.518. The molecule has 7 heteroatoms. The number of hydrogen-bond donors (Lipinski definition) is 2. The summed E-state index contributed by atoms with van der Waals surface area (Å²) in [4.78, 5) is 0. The third-order valence-corrected chi connectivity index (χ3v) is 4.67. The van der Waals surface area contributed by atoms with Crippen molar-refractivity contribution < 1.29 is 0 Å². The minimum absolute atomic E-state index is 0.518. The Labute approximate surface area is 165 Å². The molecule has 0 saturated heterocycles. The van der Waals surface area contributed by atoms with Gasteiger partial charge in [0, 0.05) is 22.6 Å². The predicted octanol–water partition coefficient (Wildman–Crippen LogP) is 5.46. The quantitative estimate of drug-likeness (QED) is 0.534.